The molecule has 0 aliphatic carbocycles. The summed E-state index contributed by atoms with van der Waals surface area (Å²) in [6, 6.07) is 0.296. The molecule has 0 radical (unpaired) electrons. The van der Waals surface area contributed by atoms with Crippen LogP contribution in [0, 0.1) is 5.92 Å². The Labute approximate surface area is 101 Å². The number of hydrogen-bond donors (Lipinski definition) is 2. The lowest BCUT2D eigenvalue weighted by Crippen LogP contribution is -2.40. The lowest BCUT2D eigenvalue weighted by atomic mass is 9.92. The van der Waals surface area contributed by atoms with Gasteiger partial charge in [0.2, 0.25) is 0 Å². The summed E-state index contributed by atoms with van der Waals surface area (Å²) in [5, 5.41) is 0. The molecule has 3 nitrogen and oxygen atoms in total. The van der Waals surface area contributed by atoms with Crippen molar-refractivity contribution in [2.75, 3.05) is 6.61 Å². The van der Waals surface area contributed by atoms with Crippen molar-refractivity contribution in [1.29, 1.82) is 0 Å². The topological polar surface area (TPSA) is 47.3 Å². The number of rotatable bonds is 10. The maximum Gasteiger partial charge on any atom is 0.0636 e. The molecule has 3 N–H and O–H groups in total. The summed E-state index contributed by atoms with van der Waals surface area (Å²) in [5.41, 5.74) is 2.87. The Morgan fingerprint density at radius 1 is 1.25 bits per heavy atom. The number of hydrazine groups is 1. The van der Waals surface area contributed by atoms with E-state index < -0.39 is 0 Å². The van der Waals surface area contributed by atoms with Gasteiger partial charge in [0.25, 0.3) is 0 Å². The third kappa shape index (κ3) is 8.08. The Morgan fingerprint density at radius 2 is 1.94 bits per heavy atom. The van der Waals surface area contributed by atoms with Crippen LogP contribution >= 0.6 is 0 Å². The van der Waals surface area contributed by atoms with Crippen molar-refractivity contribution in [3.63, 3.8) is 0 Å². The lowest BCUT2D eigenvalue weighted by Gasteiger charge is -2.23. The third-order valence-electron chi connectivity index (χ3n) is 3.03. The zero-order valence-electron chi connectivity index (χ0n) is 11.5. The number of hydrogen-bond acceptors (Lipinski definition) is 3. The second kappa shape index (κ2) is 10.1. The summed E-state index contributed by atoms with van der Waals surface area (Å²) >= 11 is 0. The minimum absolute atomic E-state index is 0.284. The van der Waals surface area contributed by atoms with Crippen molar-refractivity contribution in [3.05, 3.63) is 0 Å². The van der Waals surface area contributed by atoms with Crippen LogP contribution in [-0.2, 0) is 4.74 Å². The van der Waals surface area contributed by atoms with Gasteiger partial charge >= 0.3 is 0 Å². The SMILES string of the molecule is CCCCC(CC)CC(COC(C)C)NN. The highest BCUT2D eigenvalue weighted by atomic mass is 16.5. The second-order valence-corrected chi connectivity index (χ2v) is 4.90. The van der Waals surface area contributed by atoms with E-state index in [1.165, 1.54) is 25.7 Å². The van der Waals surface area contributed by atoms with Gasteiger partial charge in [-0.1, -0.05) is 39.5 Å². The van der Waals surface area contributed by atoms with Gasteiger partial charge in [-0.05, 0) is 26.2 Å². The summed E-state index contributed by atoms with van der Waals surface area (Å²) in [6.45, 7) is 9.34. The summed E-state index contributed by atoms with van der Waals surface area (Å²) in [4.78, 5) is 0. The average molecular weight is 230 g/mol. The molecule has 0 saturated heterocycles. The summed E-state index contributed by atoms with van der Waals surface area (Å²) in [7, 11) is 0. The van der Waals surface area contributed by atoms with E-state index in [1.807, 2.05) is 0 Å². The molecular formula is C13H30N2O. The fourth-order valence-electron chi connectivity index (χ4n) is 1.88. The molecule has 0 amide bonds. The fourth-order valence-corrected chi connectivity index (χ4v) is 1.88. The van der Waals surface area contributed by atoms with Crippen LogP contribution in [0.15, 0.2) is 0 Å². The molecule has 0 aromatic rings. The molecule has 16 heavy (non-hydrogen) atoms. The molecule has 98 valence electrons. The molecule has 0 aromatic carbocycles. The molecule has 0 aromatic heterocycles. The van der Waals surface area contributed by atoms with Crippen LogP contribution < -0.4 is 11.3 Å². The molecular weight excluding hydrogens is 200 g/mol. The molecule has 0 rings (SSSR count). The van der Waals surface area contributed by atoms with Crippen LogP contribution in [0.25, 0.3) is 0 Å². The zero-order chi connectivity index (χ0) is 12.4. The van der Waals surface area contributed by atoms with E-state index in [1.54, 1.807) is 0 Å². The molecule has 2 atom stereocenters. The van der Waals surface area contributed by atoms with E-state index in [2.05, 4.69) is 33.1 Å². The number of nitrogens with one attached hydrogen (secondary N) is 1. The van der Waals surface area contributed by atoms with Crippen molar-refractivity contribution in [3.8, 4) is 0 Å². The zero-order valence-corrected chi connectivity index (χ0v) is 11.5. The quantitative estimate of drug-likeness (QED) is 0.448. The first-order chi connectivity index (χ1) is 7.63. The fraction of sp³-hybridized carbons (Fsp3) is 1.00. The predicted molar refractivity (Wildman–Crippen MR) is 70.1 cm³/mol. The Bertz CT molecular complexity index is 151. The molecule has 0 spiro atoms. The lowest BCUT2D eigenvalue weighted by molar-refractivity contribution is 0.0554. The number of ether oxygens (including phenoxy) is 1. The molecule has 0 bridgehead atoms. The van der Waals surface area contributed by atoms with Gasteiger partial charge in [0.05, 0.1) is 12.7 Å². The molecule has 0 saturated carbocycles. The Kier molecular flexibility index (Phi) is 9.99. The summed E-state index contributed by atoms with van der Waals surface area (Å²) in [6.07, 6.45) is 6.55. The van der Waals surface area contributed by atoms with E-state index in [9.17, 15) is 0 Å². The minimum atomic E-state index is 0.284. The maximum atomic E-state index is 5.60. The van der Waals surface area contributed by atoms with E-state index in [0.717, 1.165) is 18.9 Å². The molecule has 2 unspecified atom stereocenters. The van der Waals surface area contributed by atoms with Gasteiger partial charge in [0.1, 0.15) is 0 Å². The van der Waals surface area contributed by atoms with Gasteiger partial charge in [-0.25, -0.2) is 0 Å². The van der Waals surface area contributed by atoms with E-state index in [-0.39, 0.29) is 6.10 Å². The Morgan fingerprint density at radius 3 is 2.38 bits per heavy atom. The summed E-state index contributed by atoms with van der Waals surface area (Å²) < 4.78 is 5.60. The van der Waals surface area contributed by atoms with Gasteiger partial charge < -0.3 is 4.74 Å². The minimum Gasteiger partial charge on any atom is -0.377 e. The number of unbranched alkanes of at least 4 members (excludes halogenated alkanes) is 1. The third-order valence-corrected chi connectivity index (χ3v) is 3.03. The van der Waals surface area contributed by atoms with Crippen LogP contribution in [0.1, 0.15) is 59.8 Å². The second-order valence-electron chi connectivity index (χ2n) is 4.90. The van der Waals surface area contributed by atoms with Crippen LogP contribution in [0.2, 0.25) is 0 Å². The molecule has 0 heterocycles. The van der Waals surface area contributed by atoms with E-state index >= 15 is 0 Å². The van der Waals surface area contributed by atoms with Crippen molar-refractivity contribution < 1.29 is 4.74 Å². The molecule has 0 aliphatic heterocycles. The first-order valence-corrected chi connectivity index (χ1v) is 6.71. The van der Waals surface area contributed by atoms with Gasteiger partial charge in [0, 0.05) is 6.04 Å². The highest BCUT2D eigenvalue weighted by Gasteiger charge is 2.14. The van der Waals surface area contributed by atoms with Gasteiger partial charge in [-0.15, -0.1) is 0 Å². The van der Waals surface area contributed by atoms with Crippen molar-refractivity contribution in [1.82, 2.24) is 5.43 Å². The highest BCUT2D eigenvalue weighted by Crippen LogP contribution is 2.18. The van der Waals surface area contributed by atoms with Crippen molar-refractivity contribution >= 4 is 0 Å². The van der Waals surface area contributed by atoms with Gasteiger partial charge in [0.15, 0.2) is 0 Å². The normalized spacial score (nSPS) is 15.4. The van der Waals surface area contributed by atoms with Crippen LogP contribution in [0.4, 0.5) is 0 Å². The summed E-state index contributed by atoms with van der Waals surface area (Å²) in [5.74, 6) is 6.34. The van der Waals surface area contributed by atoms with Crippen LogP contribution in [-0.4, -0.2) is 18.8 Å². The Hall–Kier alpha value is -0.120. The standard InChI is InChI=1S/C13H30N2O/c1-5-7-8-12(6-2)9-13(15-14)10-16-11(3)4/h11-13,15H,5-10,14H2,1-4H3. The van der Waals surface area contributed by atoms with E-state index in [0.29, 0.717) is 6.04 Å². The van der Waals surface area contributed by atoms with Gasteiger partial charge in [-0.3, -0.25) is 11.3 Å². The smallest absolute Gasteiger partial charge is 0.0636 e. The highest BCUT2D eigenvalue weighted by molar-refractivity contribution is 4.69. The van der Waals surface area contributed by atoms with E-state index in [4.69, 9.17) is 10.6 Å². The average Bonchev–Trinajstić information content (AvgIpc) is 2.28. The largest absolute Gasteiger partial charge is 0.377 e. The molecule has 3 heteroatoms. The molecule has 0 fully saturated rings. The monoisotopic (exact) mass is 230 g/mol. The predicted octanol–water partition coefficient (Wildman–Crippen LogP) is 2.85. The number of nitrogens with two attached hydrogens (primary N) is 1. The van der Waals surface area contributed by atoms with Gasteiger partial charge in [-0.2, -0.15) is 0 Å². The molecule has 0 aliphatic rings. The first-order valence-electron chi connectivity index (χ1n) is 6.71. The Balaban J connectivity index is 3.86. The van der Waals surface area contributed by atoms with Crippen molar-refractivity contribution in [2.45, 2.75) is 71.9 Å². The maximum absolute atomic E-state index is 5.60. The van der Waals surface area contributed by atoms with Crippen LogP contribution in [0.5, 0.6) is 0 Å². The first kappa shape index (κ1) is 15.9. The van der Waals surface area contributed by atoms with Crippen LogP contribution in [0.3, 0.4) is 0 Å². The van der Waals surface area contributed by atoms with Crippen molar-refractivity contribution in [2.24, 2.45) is 11.8 Å².